The number of nitrogens with one attached hydrogen (secondary N) is 1. The van der Waals surface area contributed by atoms with Crippen LogP contribution in [0, 0.1) is 15.3 Å². The first kappa shape index (κ1) is 23.3. The molecule has 34 heavy (non-hydrogen) atoms. The average molecular weight is 595 g/mol. The van der Waals surface area contributed by atoms with Crippen LogP contribution < -0.4 is 5.32 Å². The molecule has 2 heterocycles. The van der Waals surface area contributed by atoms with Gasteiger partial charge < -0.3 is 15.3 Å². The van der Waals surface area contributed by atoms with E-state index in [1.807, 2.05) is 22.6 Å². The number of rotatable bonds is 3. The lowest BCUT2D eigenvalue weighted by molar-refractivity contribution is -0.132. The maximum Gasteiger partial charge on any atom is 0.286 e. The van der Waals surface area contributed by atoms with E-state index in [1.54, 1.807) is 29.2 Å². The van der Waals surface area contributed by atoms with E-state index in [9.17, 15) is 22.7 Å². The number of hydrogen-bond donors (Lipinski definition) is 2. The van der Waals surface area contributed by atoms with E-state index >= 15 is 0 Å². The Morgan fingerprint density at radius 1 is 1.12 bits per heavy atom. The number of fused-ring (bicyclic) bond motifs is 2. The van der Waals surface area contributed by atoms with Crippen molar-refractivity contribution >= 4 is 50.0 Å². The second kappa shape index (κ2) is 8.95. The Labute approximate surface area is 211 Å². The van der Waals surface area contributed by atoms with Crippen LogP contribution >= 0.6 is 22.6 Å². The van der Waals surface area contributed by atoms with Crippen molar-refractivity contribution in [3.63, 3.8) is 0 Å². The van der Waals surface area contributed by atoms with E-state index in [-0.39, 0.29) is 46.4 Å². The fourth-order valence-electron chi connectivity index (χ4n) is 5.01. The van der Waals surface area contributed by atoms with Gasteiger partial charge in [-0.1, -0.05) is 31.4 Å². The van der Waals surface area contributed by atoms with Gasteiger partial charge in [-0.3, -0.25) is 4.79 Å². The number of aliphatic hydroxyl groups excluding tert-OH is 1. The Morgan fingerprint density at radius 2 is 1.85 bits per heavy atom. The quantitative estimate of drug-likeness (QED) is 0.500. The Balaban J connectivity index is 1.59. The van der Waals surface area contributed by atoms with Crippen LogP contribution in [-0.4, -0.2) is 36.2 Å². The van der Waals surface area contributed by atoms with Gasteiger partial charge in [-0.05, 0) is 71.3 Å². The Hall–Kier alpha value is -2.47. The summed E-state index contributed by atoms with van der Waals surface area (Å²) in [5, 5.41) is 14.2. The number of carbonyl (C=O) groups excluding carboxylic acids is 1. The molecule has 3 aliphatic rings. The van der Waals surface area contributed by atoms with Gasteiger partial charge in [-0.25, -0.2) is 4.39 Å². The van der Waals surface area contributed by atoms with Crippen LogP contribution in [0.4, 0.5) is 10.1 Å². The van der Waals surface area contributed by atoms with Gasteiger partial charge in [0.2, 0.25) is 0 Å². The molecular weight excluding hydrogens is 572 g/mol. The molecule has 0 bridgehead atoms. The molecule has 2 aliphatic heterocycles. The maximum absolute atomic E-state index is 13.8. The zero-order valence-electron chi connectivity index (χ0n) is 18.2. The fourth-order valence-corrected chi connectivity index (χ4v) is 6.86. The summed E-state index contributed by atoms with van der Waals surface area (Å²) in [7, 11) is -4.06. The third-order valence-electron chi connectivity index (χ3n) is 6.65. The smallest absolute Gasteiger partial charge is 0.286 e. The lowest BCUT2D eigenvalue weighted by Crippen LogP contribution is -2.51. The molecule has 2 atom stereocenters. The van der Waals surface area contributed by atoms with Gasteiger partial charge >= 0.3 is 0 Å². The third kappa shape index (κ3) is 4.21. The Morgan fingerprint density at radius 3 is 2.62 bits per heavy atom. The highest BCUT2D eigenvalue weighted by Gasteiger charge is 2.44. The molecule has 178 valence electrons. The molecule has 1 amide bonds. The lowest BCUT2D eigenvalue weighted by Gasteiger charge is -2.41. The number of halogens is 2. The fraction of sp³-hybridized carbons (Fsp3) is 0.333. The minimum atomic E-state index is -4.06. The largest absolute Gasteiger partial charge is 0.511 e. The number of anilines is 1. The summed E-state index contributed by atoms with van der Waals surface area (Å²) in [4.78, 5) is 15.5. The molecule has 0 radical (unpaired) electrons. The summed E-state index contributed by atoms with van der Waals surface area (Å²) in [5.41, 5.74) is 0.953. The molecule has 0 saturated heterocycles. The monoisotopic (exact) mass is 595 g/mol. The summed E-state index contributed by atoms with van der Waals surface area (Å²) in [6.45, 7) is 0.228. The van der Waals surface area contributed by atoms with Gasteiger partial charge in [0.25, 0.3) is 15.9 Å². The standard InChI is InChI=1S/C24H23FIN3O4S/c25-15-8-6-14(7-9-15)13-29-19-5-3-1-2-4-17(19)22(30)21(24(29)31)23-27-18-11-10-16(26)12-20(18)34(32,33)28-23/h6-12,17,19,30H,1-5,13H2,(H,27,28). The molecule has 1 fully saturated rings. The topological polar surface area (TPSA) is 99.1 Å². The van der Waals surface area contributed by atoms with E-state index in [0.717, 1.165) is 34.8 Å². The second-order valence-electron chi connectivity index (χ2n) is 8.81. The number of aliphatic hydroxyl groups is 1. The number of nitrogens with zero attached hydrogens (tertiary/aromatic N) is 2. The van der Waals surface area contributed by atoms with Crippen LogP contribution in [0.3, 0.4) is 0 Å². The first-order valence-corrected chi connectivity index (χ1v) is 13.7. The molecule has 10 heteroatoms. The normalized spacial score (nSPS) is 24.0. The summed E-state index contributed by atoms with van der Waals surface area (Å²) in [5.74, 6) is -1.44. The van der Waals surface area contributed by atoms with Crippen LogP contribution in [0.5, 0.6) is 0 Å². The van der Waals surface area contributed by atoms with E-state index in [2.05, 4.69) is 9.71 Å². The highest BCUT2D eigenvalue weighted by Crippen LogP contribution is 2.40. The van der Waals surface area contributed by atoms with Crippen molar-refractivity contribution in [1.82, 2.24) is 4.90 Å². The van der Waals surface area contributed by atoms with Crippen molar-refractivity contribution < 1.29 is 22.7 Å². The molecule has 0 aromatic heterocycles. The van der Waals surface area contributed by atoms with Crippen LogP contribution in [0.1, 0.15) is 37.7 Å². The second-order valence-corrected chi connectivity index (χ2v) is 11.6. The highest BCUT2D eigenvalue weighted by molar-refractivity contribution is 14.1. The Bertz CT molecular complexity index is 1320. The van der Waals surface area contributed by atoms with Gasteiger partial charge in [0.1, 0.15) is 22.0 Å². The molecular formula is C24H23FIN3O4S. The van der Waals surface area contributed by atoms with Crippen molar-refractivity contribution in [2.45, 2.75) is 49.6 Å². The number of sulfonamides is 1. The number of amidine groups is 1. The summed E-state index contributed by atoms with van der Waals surface area (Å²) >= 11 is 2.02. The van der Waals surface area contributed by atoms with Crippen LogP contribution in [0.2, 0.25) is 0 Å². The van der Waals surface area contributed by atoms with Gasteiger partial charge in [0.15, 0.2) is 5.84 Å². The number of hydrogen-bond acceptors (Lipinski definition) is 5. The van der Waals surface area contributed by atoms with E-state index < -0.39 is 15.9 Å². The summed E-state index contributed by atoms with van der Waals surface area (Å²) < 4.78 is 43.9. The van der Waals surface area contributed by atoms with E-state index in [0.29, 0.717) is 12.1 Å². The molecule has 2 unspecified atom stereocenters. The SMILES string of the molecule is O=C1C(C2=NS(=O)(=O)c3cc(I)ccc3N2)=C(O)C2CCCCCC2N1Cc1ccc(F)cc1. The number of amides is 1. The number of carbonyl (C=O) groups is 1. The summed E-state index contributed by atoms with van der Waals surface area (Å²) in [6.07, 6.45) is 4.23. The third-order valence-corrected chi connectivity index (χ3v) is 8.64. The van der Waals surface area contributed by atoms with Crippen LogP contribution in [-0.2, 0) is 21.4 Å². The summed E-state index contributed by atoms with van der Waals surface area (Å²) in [6, 6.07) is 10.6. The van der Waals surface area contributed by atoms with Crippen LogP contribution in [0.25, 0.3) is 0 Å². The van der Waals surface area contributed by atoms with Crippen molar-refractivity contribution in [2.24, 2.45) is 10.3 Å². The zero-order valence-corrected chi connectivity index (χ0v) is 21.1. The van der Waals surface area contributed by atoms with Gasteiger partial charge in [0, 0.05) is 22.1 Å². The molecule has 2 aromatic carbocycles. The van der Waals surface area contributed by atoms with Crippen molar-refractivity contribution in [3.05, 3.63) is 68.7 Å². The number of benzene rings is 2. The average Bonchev–Trinajstić information content (AvgIpc) is 3.05. The minimum absolute atomic E-state index is 0.0296. The molecule has 0 spiro atoms. The van der Waals surface area contributed by atoms with E-state index in [4.69, 9.17) is 0 Å². The van der Waals surface area contributed by atoms with Crippen LogP contribution in [0.15, 0.2) is 63.1 Å². The predicted molar refractivity (Wildman–Crippen MR) is 134 cm³/mol. The van der Waals surface area contributed by atoms with Crippen molar-refractivity contribution in [1.29, 1.82) is 0 Å². The predicted octanol–water partition coefficient (Wildman–Crippen LogP) is 4.75. The zero-order chi connectivity index (χ0) is 24.0. The van der Waals surface area contributed by atoms with Gasteiger partial charge in [-0.2, -0.15) is 8.42 Å². The van der Waals surface area contributed by atoms with E-state index in [1.165, 1.54) is 18.2 Å². The molecule has 2 N–H and O–H groups in total. The van der Waals surface area contributed by atoms with Crippen molar-refractivity contribution in [2.75, 3.05) is 5.32 Å². The van der Waals surface area contributed by atoms with Gasteiger partial charge in [-0.15, -0.1) is 4.40 Å². The first-order valence-electron chi connectivity index (χ1n) is 11.1. The molecule has 5 rings (SSSR count). The minimum Gasteiger partial charge on any atom is -0.511 e. The first-order chi connectivity index (χ1) is 16.2. The molecule has 2 aromatic rings. The lowest BCUT2D eigenvalue weighted by atomic mass is 9.84. The maximum atomic E-state index is 13.8. The molecule has 1 aliphatic carbocycles. The Kier molecular flexibility index (Phi) is 6.13. The van der Waals surface area contributed by atoms with Gasteiger partial charge in [0.05, 0.1) is 5.69 Å². The highest BCUT2D eigenvalue weighted by atomic mass is 127. The molecule has 1 saturated carbocycles. The van der Waals surface area contributed by atoms with Crippen molar-refractivity contribution in [3.8, 4) is 0 Å². The molecule has 7 nitrogen and oxygen atoms in total.